The third kappa shape index (κ3) is 5.07. The number of thiazole rings is 1. The molecule has 1 amide bonds. The first-order valence-electron chi connectivity index (χ1n) is 10.8. The summed E-state index contributed by atoms with van der Waals surface area (Å²) in [6.07, 6.45) is 0. The van der Waals surface area contributed by atoms with Crippen LogP contribution < -0.4 is 15.5 Å². The van der Waals surface area contributed by atoms with E-state index in [-0.39, 0.29) is 5.13 Å². The molecule has 1 aliphatic rings. The lowest BCUT2D eigenvalue weighted by molar-refractivity contribution is 0.101. The second kappa shape index (κ2) is 10.4. The van der Waals surface area contributed by atoms with E-state index in [0.29, 0.717) is 36.1 Å². The summed E-state index contributed by atoms with van der Waals surface area (Å²) in [4.78, 5) is 19.2. The van der Waals surface area contributed by atoms with Crippen LogP contribution in [0, 0.1) is 11.6 Å². The Morgan fingerprint density at radius 3 is 2.50 bits per heavy atom. The van der Waals surface area contributed by atoms with Crippen LogP contribution in [0.1, 0.15) is 28.5 Å². The summed E-state index contributed by atoms with van der Waals surface area (Å²) in [7, 11) is 1.60. The van der Waals surface area contributed by atoms with Gasteiger partial charge in [-0.2, -0.15) is 0 Å². The molecule has 10 heteroatoms. The first-order valence-corrected chi connectivity index (χ1v) is 12.0. The molecule has 1 atom stereocenters. The summed E-state index contributed by atoms with van der Waals surface area (Å²) < 4.78 is 35.0. The molecule has 6 nitrogen and oxygen atoms in total. The van der Waals surface area contributed by atoms with Crippen molar-refractivity contribution in [1.82, 2.24) is 10.3 Å². The highest BCUT2D eigenvalue weighted by atomic mass is 35.5. The van der Waals surface area contributed by atoms with E-state index in [1.165, 1.54) is 23.5 Å². The third-order valence-electron chi connectivity index (χ3n) is 5.94. The summed E-state index contributed by atoms with van der Waals surface area (Å²) in [5.74, 6) is -2.70. The van der Waals surface area contributed by atoms with Gasteiger partial charge < -0.3 is 15.0 Å². The molecule has 1 saturated heterocycles. The highest BCUT2D eigenvalue weighted by Gasteiger charge is 2.32. The van der Waals surface area contributed by atoms with Crippen molar-refractivity contribution in [2.75, 3.05) is 50.1 Å². The van der Waals surface area contributed by atoms with Gasteiger partial charge in [-0.3, -0.25) is 10.1 Å². The lowest BCUT2D eigenvalue weighted by Crippen LogP contribution is -2.43. The molecule has 1 fully saturated rings. The first kappa shape index (κ1) is 24.5. The number of aromatic nitrogens is 1. The Labute approximate surface area is 205 Å². The van der Waals surface area contributed by atoms with Gasteiger partial charge in [-0.25, -0.2) is 13.8 Å². The monoisotopic (exact) mass is 506 g/mol. The largest absolute Gasteiger partial charge is 0.383 e. The van der Waals surface area contributed by atoms with Gasteiger partial charge in [0.15, 0.2) is 5.13 Å². The van der Waals surface area contributed by atoms with E-state index in [0.717, 1.165) is 18.7 Å². The van der Waals surface area contributed by atoms with Crippen LogP contribution in [0.2, 0.25) is 5.02 Å². The second-order valence-electron chi connectivity index (χ2n) is 8.29. The Morgan fingerprint density at radius 2 is 1.88 bits per heavy atom. The summed E-state index contributed by atoms with van der Waals surface area (Å²) in [6, 6.07) is 9.76. The average Bonchev–Trinajstić information content (AvgIpc) is 3.29. The number of rotatable bonds is 7. The van der Waals surface area contributed by atoms with Crippen molar-refractivity contribution < 1.29 is 18.3 Å². The molecule has 1 aromatic heterocycles. The molecule has 34 heavy (non-hydrogen) atoms. The molecular formula is C24H25ClF2N4O2S. The van der Waals surface area contributed by atoms with Crippen LogP contribution in [0.5, 0.6) is 0 Å². The van der Waals surface area contributed by atoms with Crippen molar-refractivity contribution in [2.24, 2.45) is 0 Å². The number of hydrogen-bond donors (Lipinski definition) is 2. The van der Waals surface area contributed by atoms with E-state index in [4.69, 9.17) is 16.3 Å². The third-order valence-corrected chi connectivity index (χ3v) is 6.95. The van der Waals surface area contributed by atoms with Crippen molar-refractivity contribution in [1.29, 1.82) is 0 Å². The van der Waals surface area contributed by atoms with Gasteiger partial charge in [-0.05, 0) is 36.8 Å². The van der Waals surface area contributed by atoms with E-state index in [9.17, 15) is 13.6 Å². The van der Waals surface area contributed by atoms with Crippen molar-refractivity contribution in [2.45, 2.75) is 12.3 Å². The van der Waals surface area contributed by atoms with Gasteiger partial charge in [-0.15, -0.1) is 11.3 Å². The number of benzene rings is 2. The zero-order valence-electron chi connectivity index (χ0n) is 18.8. The number of ether oxygens (including phenoxy) is 1. The number of nitrogens with one attached hydrogen (secondary N) is 2. The molecule has 2 aromatic carbocycles. The fourth-order valence-corrected chi connectivity index (χ4v) is 5.00. The van der Waals surface area contributed by atoms with Crippen LogP contribution in [-0.4, -0.2) is 50.8 Å². The zero-order chi connectivity index (χ0) is 24.3. The van der Waals surface area contributed by atoms with Crippen LogP contribution in [0.15, 0.2) is 41.8 Å². The minimum atomic E-state index is -0.909. The molecule has 2 heterocycles. The summed E-state index contributed by atoms with van der Waals surface area (Å²) in [5.41, 5.74) is 0.769. The number of halogens is 3. The Morgan fingerprint density at radius 1 is 1.24 bits per heavy atom. The molecule has 0 saturated carbocycles. The second-order valence-corrected chi connectivity index (χ2v) is 9.58. The van der Waals surface area contributed by atoms with Crippen LogP contribution in [0.3, 0.4) is 0 Å². The van der Waals surface area contributed by atoms with Crippen molar-refractivity contribution in [3.63, 3.8) is 0 Å². The minimum Gasteiger partial charge on any atom is -0.383 e. The number of hydrogen-bond acceptors (Lipinski definition) is 6. The quantitative estimate of drug-likeness (QED) is 0.486. The summed E-state index contributed by atoms with van der Waals surface area (Å²) in [6.45, 7) is 5.04. The molecule has 4 rings (SSSR count). The number of nitrogens with zero attached hydrogens (tertiary/aromatic N) is 2. The van der Waals surface area contributed by atoms with Crippen molar-refractivity contribution >= 4 is 39.7 Å². The predicted octanol–water partition coefficient (Wildman–Crippen LogP) is 4.69. The van der Waals surface area contributed by atoms with Gasteiger partial charge in [0, 0.05) is 49.4 Å². The Hall–Kier alpha value is -2.59. The molecule has 2 N–H and O–H groups in total. The van der Waals surface area contributed by atoms with Gasteiger partial charge in [0.05, 0.1) is 17.7 Å². The van der Waals surface area contributed by atoms with Gasteiger partial charge in [0.2, 0.25) is 0 Å². The Kier molecular flexibility index (Phi) is 7.47. The summed E-state index contributed by atoms with van der Waals surface area (Å²) >= 11 is 7.20. The van der Waals surface area contributed by atoms with Crippen molar-refractivity contribution in [3.8, 4) is 0 Å². The van der Waals surface area contributed by atoms with Crippen LogP contribution >= 0.6 is 22.9 Å². The van der Waals surface area contributed by atoms with Crippen LogP contribution in [0.25, 0.3) is 0 Å². The van der Waals surface area contributed by atoms with Gasteiger partial charge in [0.1, 0.15) is 17.2 Å². The topological polar surface area (TPSA) is 66.5 Å². The van der Waals surface area contributed by atoms with Gasteiger partial charge in [0.25, 0.3) is 5.91 Å². The molecule has 0 unspecified atom stereocenters. The fourth-order valence-electron chi connectivity index (χ4n) is 4.04. The Bertz CT molecular complexity index is 1150. The normalized spacial score (nSPS) is 15.7. The zero-order valence-corrected chi connectivity index (χ0v) is 20.4. The van der Waals surface area contributed by atoms with E-state index < -0.39 is 28.5 Å². The lowest BCUT2D eigenvalue weighted by Gasteiger charge is -2.29. The maximum Gasteiger partial charge on any atom is 0.263 e. The predicted molar refractivity (Wildman–Crippen MR) is 131 cm³/mol. The molecule has 0 bridgehead atoms. The van der Waals surface area contributed by atoms with Gasteiger partial charge in [-0.1, -0.05) is 23.7 Å². The SMILES string of the molecule is COC[C@](C)(c1ccc(Cl)cc1)c1csc(NC(=O)c2c(F)cc(N3CCNCC3)cc2F)n1. The maximum absolute atomic E-state index is 14.8. The lowest BCUT2D eigenvalue weighted by atomic mass is 9.81. The number of carbonyl (C=O) groups is 1. The molecule has 0 radical (unpaired) electrons. The molecule has 180 valence electrons. The summed E-state index contributed by atoms with van der Waals surface area (Å²) in [5, 5.41) is 8.37. The van der Waals surface area contributed by atoms with Crippen LogP contribution in [0.4, 0.5) is 19.6 Å². The molecule has 0 spiro atoms. The Balaban J connectivity index is 1.55. The highest BCUT2D eigenvalue weighted by molar-refractivity contribution is 7.14. The van der Waals surface area contributed by atoms with E-state index in [2.05, 4.69) is 15.6 Å². The number of piperazine rings is 1. The van der Waals surface area contributed by atoms with Crippen LogP contribution in [-0.2, 0) is 10.2 Å². The van der Waals surface area contributed by atoms with E-state index >= 15 is 0 Å². The highest BCUT2D eigenvalue weighted by Crippen LogP contribution is 2.35. The number of anilines is 2. The molecule has 3 aromatic rings. The van der Waals surface area contributed by atoms with E-state index in [1.807, 2.05) is 24.0 Å². The number of methoxy groups -OCH3 is 1. The molecule has 1 aliphatic heterocycles. The number of amides is 1. The standard InChI is InChI=1S/C24H25ClF2N4O2S/c1-24(14-33-2,15-3-5-16(25)6-4-15)20-13-34-23(29-20)30-22(32)21-18(26)11-17(12-19(21)27)31-9-7-28-8-10-31/h3-6,11-13,28H,7-10,14H2,1-2H3,(H,29,30,32)/t24-/m1/s1. The van der Waals surface area contributed by atoms with E-state index in [1.54, 1.807) is 24.6 Å². The number of carbonyl (C=O) groups excluding carboxylic acids is 1. The van der Waals surface area contributed by atoms with Crippen molar-refractivity contribution in [3.05, 3.63) is 75.3 Å². The van der Waals surface area contributed by atoms with Gasteiger partial charge >= 0.3 is 0 Å². The minimum absolute atomic E-state index is 0.237. The molecule has 0 aliphatic carbocycles. The smallest absolute Gasteiger partial charge is 0.263 e. The fraction of sp³-hybridized carbons (Fsp3) is 0.333. The average molecular weight is 507 g/mol. The molecular weight excluding hydrogens is 482 g/mol. The maximum atomic E-state index is 14.8. The first-order chi connectivity index (χ1) is 16.3.